The monoisotopic (exact) mass is 194 g/mol. The van der Waals surface area contributed by atoms with E-state index in [9.17, 15) is 0 Å². The van der Waals surface area contributed by atoms with Crippen molar-refractivity contribution in [3.8, 4) is 0 Å². The maximum Gasteiger partial charge on any atom is 0.148 e. The molecular formula is C10H18N4. The van der Waals surface area contributed by atoms with Crippen LogP contribution in [0.3, 0.4) is 0 Å². The number of aromatic nitrogens is 2. The summed E-state index contributed by atoms with van der Waals surface area (Å²) in [6, 6.07) is 4.39. The first-order chi connectivity index (χ1) is 6.59. The van der Waals surface area contributed by atoms with Crippen molar-refractivity contribution < 1.29 is 0 Å². The number of hydrogen-bond donors (Lipinski definition) is 1. The van der Waals surface area contributed by atoms with E-state index in [4.69, 9.17) is 0 Å². The Balaban J connectivity index is 2.42. The highest BCUT2D eigenvalue weighted by Crippen LogP contribution is 2.01. The van der Waals surface area contributed by atoms with E-state index in [0.717, 1.165) is 18.1 Å². The molecule has 1 unspecified atom stereocenters. The highest BCUT2D eigenvalue weighted by molar-refractivity contribution is 5.32. The smallest absolute Gasteiger partial charge is 0.148 e. The van der Waals surface area contributed by atoms with Gasteiger partial charge in [0.15, 0.2) is 0 Å². The molecule has 0 fully saturated rings. The fourth-order valence-electron chi connectivity index (χ4n) is 0.928. The Morgan fingerprint density at radius 1 is 1.36 bits per heavy atom. The first kappa shape index (κ1) is 10.9. The van der Waals surface area contributed by atoms with E-state index in [2.05, 4.69) is 41.4 Å². The van der Waals surface area contributed by atoms with Gasteiger partial charge in [-0.1, -0.05) is 0 Å². The summed E-state index contributed by atoms with van der Waals surface area (Å²) in [5.41, 5.74) is 0.941. The van der Waals surface area contributed by atoms with Crippen LogP contribution < -0.4 is 5.32 Å². The molecule has 0 aliphatic heterocycles. The van der Waals surface area contributed by atoms with E-state index in [0.29, 0.717) is 6.04 Å². The summed E-state index contributed by atoms with van der Waals surface area (Å²) in [7, 11) is 4.13. The number of nitrogens with zero attached hydrogens (tertiary/aromatic N) is 3. The zero-order valence-corrected chi connectivity index (χ0v) is 9.28. The van der Waals surface area contributed by atoms with Crippen molar-refractivity contribution in [3.63, 3.8) is 0 Å². The van der Waals surface area contributed by atoms with Crippen molar-refractivity contribution >= 4 is 5.82 Å². The molecule has 0 radical (unpaired) electrons. The van der Waals surface area contributed by atoms with Gasteiger partial charge in [-0.3, -0.25) is 0 Å². The normalized spacial score (nSPS) is 12.9. The highest BCUT2D eigenvalue weighted by Gasteiger charge is 2.03. The lowest BCUT2D eigenvalue weighted by Crippen LogP contribution is -2.31. The van der Waals surface area contributed by atoms with E-state index >= 15 is 0 Å². The van der Waals surface area contributed by atoms with E-state index in [-0.39, 0.29) is 0 Å². The molecule has 1 N–H and O–H groups in total. The molecule has 0 aliphatic rings. The standard InChI is InChI=1S/C10H18N4/c1-8-5-6-10(13-12-8)11-7-9(2)14(3)4/h5-6,9H,7H2,1-4H3,(H,11,13). The zero-order valence-electron chi connectivity index (χ0n) is 9.28. The van der Waals surface area contributed by atoms with Crippen molar-refractivity contribution in [2.24, 2.45) is 0 Å². The lowest BCUT2D eigenvalue weighted by Gasteiger charge is -2.19. The van der Waals surface area contributed by atoms with Crippen LogP contribution in [-0.4, -0.2) is 41.8 Å². The molecule has 4 heteroatoms. The van der Waals surface area contributed by atoms with Crippen LogP contribution in [0.5, 0.6) is 0 Å². The molecule has 0 spiro atoms. The third-order valence-corrected chi connectivity index (χ3v) is 2.26. The van der Waals surface area contributed by atoms with Crippen molar-refractivity contribution in [2.75, 3.05) is 26.0 Å². The number of nitrogens with one attached hydrogen (secondary N) is 1. The van der Waals surface area contributed by atoms with Gasteiger partial charge in [0.25, 0.3) is 0 Å². The molecule has 14 heavy (non-hydrogen) atoms. The summed E-state index contributed by atoms with van der Waals surface area (Å²) in [6.07, 6.45) is 0. The summed E-state index contributed by atoms with van der Waals surface area (Å²) < 4.78 is 0. The minimum Gasteiger partial charge on any atom is -0.367 e. The summed E-state index contributed by atoms with van der Waals surface area (Å²) in [5, 5.41) is 11.2. The second-order valence-corrected chi connectivity index (χ2v) is 3.75. The van der Waals surface area contributed by atoms with Crippen LogP contribution in [0.25, 0.3) is 0 Å². The van der Waals surface area contributed by atoms with Crippen molar-refractivity contribution in [1.82, 2.24) is 15.1 Å². The summed E-state index contributed by atoms with van der Waals surface area (Å²) >= 11 is 0. The maximum absolute atomic E-state index is 4.03. The molecule has 0 saturated carbocycles. The van der Waals surface area contributed by atoms with Crippen LogP contribution in [0.15, 0.2) is 12.1 Å². The van der Waals surface area contributed by atoms with Crippen LogP contribution >= 0.6 is 0 Å². The second-order valence-electron chi connectivity index (χ2n) is 3.75. The van der Waals surface area contributed by atoms with Gasteiger partial charge >= 0.3 is 0 Å². The van der Waals surface area contributed by atoms with Crippen molar-refractivity contribution in [3.05, 3.63) is 17.8 Å². The predicted molar refractivity (Wildman–Crippen MR) is 58.4 cm³/mol. The number of aryl methyl sites for hydroxylation is 1. The third-order valence-electron chi connectivity index (χ3n) is 2.26. The van der Waals surface area contributed by atoms with Crippen molar-refractivity contribution in [2.45, 2.75) is 19.9 Å². The molecule has 1 atom stereocenters. The molecule has 1 heterocycles. The lowest BCUT2D eigenvalue weighted by molar-refractivity contribution is 0.326. The molecule has 4 nitrogen and oxygen atoms in total. The lowest BCUT2D eigenvalue weighted by atomic mass is 10.3. The minimum absolute atomic E-state index is 0.484. The minimum atomic E-state index is 0.484. The van der Waals surface area contributed by atoms with E-state index in [1.165, 1.54) is 0 Å². The molecule has 0 aromatic carbocycles. The van der Waals surface area contributed by atoms with E-state index in [1.54, 1.807) is 0 Å². The van der Waals surface area contributed by atoms with Crippen LogP contribution in [0.1, 0.15) is 12.6 Å². The Morgan fingerprint density at radius 3 is 2.57 bits per heavy atom. The number of likely N-dealkylation sites (N-methyl/N-ethyl adjacent to an activating group) is 1. The molecule has 1 aromatic heterocycles. The van der Waals surface area contributed by atoms with Gasteiger partial charge in [-0.25, -0.2) is 0 Å². The summed E-state index contributed by atoms with van der Waals surface area (Å²) in [6.45, 7) is 4.97. The van der Waals surface area contributed by atoms with Crippen LogP contribution in [-0.2, 0) is 0 Å². The largest absolute Gasteiger partial charge is 0.367 e. The predicted octanol–water partition coefficient (Wildman–Crippen LogP) is 1.15. The average molecular weight is 194 g/mol. The van der Waals surface area contributed by atoms with Gasteiger partial charge in [-0.05, 0) is 40.1 Å². The second kappa shape index (κ2) is 4.91. The van der Waals surface area contributed by atoms with Gasteiger partial charge in [-0.2, -0.15) is 5.10 Å². The fraction of sp³-hybridized carbons (Fsp3) is 0.600. The van der Waals surface area contributed by atoms with Crippen LogP contribution in [0.2, 0.25) is 0 Å². The van der Waals surface area contributed by atoms with Gasteiger partial charge in [-0.15, -0.1) is 5.10 Å². The number of hydrogen-bond acceptors (Lipinski definition) is 4. The molecule has 0 saturated heterocycles. The average Bonchev–Trinajstić information content (AvgIpc) is 2.16. The van der Waals surface area contributed by atoms with Gasteiger partial charge in [0.05, 0.1) is 5.69 Å². The van der Waals surface area contributed by atoms with Gasteiger partial charge in [0, 0.05) is 12.6 Å². The fourth-order valence-corrected chi connectivity index (χ4v) is 0.928. The SMILES string of the molecule is Cc1ccc(NCC(C)N(C)C)nn1. The molecule has 0 bridgehead atoms. The molecule has 78 valence electrons. The van der Waals surface area contributed by atoms with Gasteiger partial charge in [0.2, 0.25) is 0 Å². The topological polar surface area (TPSA) is 41.0 Å². The van der Waals surface area contributed by atoms with Crippen LogP contribution in [0.4, 0.5) is 5.82 Å². The van der Waals surface area contributed by atoms with E-state index < -0.39 is 0 Å². The number of anilines is 1. The van der Waals surface area contributed by atoms with E-state index in [1.807, 2.05) is 19.1 Å². The van der Waals surface area contributed by atoms with Gasteiger partial charge < -0.3 is 10.2 Å². The molecule has 0 amide bonds. The quantitative estimate of drug-likeness (QED) is 0.780. The summed E-state index contributed by atoms with van der Waals surface area (Å²) in [4.78, 5) is 2.16. The molecule has 1 aromatic rings. The molecule has 0 aliphatic carbocycles. The Morgan fingerprint density at radius 2 is 2.07 bits per heavy atom. The Labute approximate surface area is 85.3 Å². The number of rotatable bonds is 4. The molecular weight excluding hydrogens is 176 g/mol. The maximum atomic E-state index is 4.03. The Kier molecular flexibility index (Phi) is 3.83. The third kappa shape index (κ3) is 3.30. The first-order valence-electron chi connectivity index (χ1n) is 4.80. The highest BCUT2D eigenvalue weighted by atomic mass is 15.2. The Bertz CT molecular complexity index is 268. The van der Waals surface area contributed by atoms with Crippen LogP contribution in [0, 0.1) is 6.92 Å². The first-order valence-corrected chi connectivity index (χ1v) is 4.80. The van der Waals surface area contributed by atoms with Gasteiger partial charge in [0.1, 0.15) is 5.82 Å². The Hall–Kier alpha value is -1.16. The summed E-state index contributed by atoms with van der Waals surface area (Å²) in [5.74, 6) is 0.837. The zero-order chi connectivity index (χ0) is 10.6. The molecule has 1 rings (SSSR count). The van der Waals surface area contributed by atoms with Crippen molar-refractivity contribution in [1.29, 1.82) is 0 Å².